The standard InChI is InChI=1S/C20H23Cl2F2N3O2/c1-26(15-4-2-3-14(21)17(15)22)19(18(23)24)25-16(5-11-28)27-9-6-20(7-10-27)8-12-29-13-20/h2-5,11,18H,6-10,12-13H2,1H3/b16-5+,25-19?. The van der Waals surface area contributed by atoms with E-state index in [1.807, 2.05) is 4.90 Å². The molecule has 1 aromatic carbocycles. The van der Waals surface area contributed by atoms with Crippen LogP contribution in [0.4, 0.5) is 14.5 Å². The molecular formula is C20H23Cl2F2N3O2. The molecule has 2 aliphatic rings. The molecule has 0 aliphatic carbocycles. The lowest BCUT2D eigenvalue weighted by atomic mass is 9.78. The molecular weight excluding hydrogens is 423 g/mol. The number of ether oxygens (including phenoxy) is 1. The Hall–Kier alpha value is -1.70. The Labute approximate surface area is 178 Å². The molecule has 0 atom stereocenters. The van der Waals surface area contributed by atoms with Gasteiger partial charge in [0.05, 0.1) is 22.3 Å². The summed E-state index contributed by atoms with van der Waals surface area (Å²) in [6.07, 6.45) is 1.67. The van der Waals surface area contributed by atoms with Gasteiger partial charge in [-0.25, -0.2) is 13.8 Å². The Bertz CT molecular complexity index is 801. The molecule has 0 aromatic heterocycles. The van der Waals surface area contributed by atoms with Gasteiger partial charge < -0.3 is 14.5 Å². The van der Waals surface area contributed by atoms with E-state index in [9.17, 15) is 13.6 Å². The van der Waals surface area contributed by atoms with E-state index in [0.717, 1.165) is 32.5 Å². The summed E-state index contributed by atoms with van der Waals surface area (Å²) in [6, 6.07) is 4.79. The van der Waals surface area contributed by atoms with Crippen LogP contribution in [0.15, 0.2) is 35.1 Å². The van der Waals surface area contributed by atoms with Crippen LogP contribution in [-0.4, -0.2) is 56.8 Å². The molecule has 0 saturated carbocycles. The fourth-order valence-electron chi connectivity index (χ4n) is 3.79. The first-order valence-electron chi connectivity index (χ1n) is 9.39. The summed E-state index contributed by atoms with van der Waals surface area (Å²) in [7, 11) is 1.45. The Morgan fingerprint density at radius 3 is 2.62 bits per heavy atom. The van der Waals surface area contributed by atoms with Crippen molar-refractivity contribution in [2.24, 2.45) is 10.4 Å². The molecule has 0 N–H and O–H groups in total. The molecule has 2 saturated heterocycles. The third-order valence-corrected chi connectivity index (χ3v) is 6.42. The summed E-state index contributed by atoms with van der Waals surface area (Å²) < 4.78 is 33.3. The Balaban J connectivity index is 1.86. The van der Waals surface area contributed by atoms with Crippen molar-refractivity contribution in [2.45, 2.75) is 25.7 Å². The molecule has 0 amide bonds. The van der Waals surface area contributed by atoms with Crippen LogP contribution in [0.5, 0.6) is 0 Å². The lowest BCUT2D eigenvalue weighted by molar-refractivity contribution is -0.104. The van der Waals surface area contributed by atoms with Gasteiger partial charge in [0.1, 0.15) is 12.1 Å². The number of piperidine rings is 1. The topological polar surface area (TPSA) is 45.1 Å². The molecule has 3 rings (SSSR count). The minimum Gasteiger partial charge on any atom is -0.381 e. The smallest absolute Gasteiger partial charge is 0.295 e. The summed E-state index contributed by atoms with van der Waals surface area (Å²) in [4.78, 5) is 18.4. The van der Waals surface area contributed by atoms with Crippen molar-refractivity contribution >= 4 is 41.0 Å². The van der Waals surface area contributed by atoms with Gasteiger partial charge in [-0.2, -0.15) is 0 Å². The van der Waals surface area contributed by atoms with Crippen molar-refractivity contribution in [3.05, 3.63) is 40.1 Å². The van der Waals surface area contributed by atoms with Crippen molar-refractivity contribution in [2.75, 3.05) is 38.3 Å². The average molecular weight is 446 g/mol. The zero-order chi connectivity index (χ0) is 21.0. The van der Waals surface area contributed by atoms with E-state index in [2.05, 4.69) is 4.99 Å². The summed E-state index contributed by atoms with van der Waals surface area (Å²) in [5.41, 5.74) is 0.466. The van der Waals surface area contributed by atoms with E-state index in [4.69, 9.17) is 27.9 Å². The fourth-order valence-corrected chi connectivity index (χ4v) is 4.21. The molecule has 2 heterocycles. The van der Waals surface area contributed by atoms with Crippen molar-refractivity contribution in [3.8, 4) is 0 Å². The molecule has 9 heteroatoms. The van der Waals surface area contributed by atoms with Gasteiger partial charge in [0.25, 0.3) is 6.43 Å². The van der Waals surface area contributed by atoms with Crippen molar-refractivity contribution in [1.29, 1.82) is 0 Å². The molecule has 0 radical (unpaired) electrons. The van der Waals surface area contributed by atoms with Gasteiger partial charge in [-0.15, -0.1) is 0 Å². The van der Waals surface area contributed by atoms with Gasteiger partial charge in [0.2, 0.25) is 0 Å². The number of aliphatic imine (C=N–C) groups is 1. The first-order valence-corrected chi connectivity index (χ1v) is 10.1. The maximum atomic E-state index is 13.9. The molecule has 0 bridgehead atoms. The lowest BCUT2D eigenvalue weighted by Gasteiger charge is -2.39. The normalized spacial score (nSPS) is 19.9. The van der Waals surface area contributed by atoms with Crippen LogP contribution in [0, 0.1) is 5.41 Å². The van der Waals surface area contributed by atoms with Crippen LogP contribution < -0.4 is 4.90 Å². The molecule has 1 spiro atoms. The predicted molar refractivity (Wildman–Crippen MR) is 111 cm³/mol. The highest BCUT2D eigenvalue weighted by atomic mass is 35.5. The number of allylic oxidation sites excluding steroid dienone is 1. The van der Waals surface area contributed by atoms with E-state index in [0.29, 0.717) is 25.1 Å². The lowest BCUT2D eigenvalue weighted by Crippen LogP contribution is -2.40. The second kappa shape index (κ2) is 9.41. The highest BCUT2D eigenvalue weighted by Gasteiger charge is 2.38. The maximum absolute atomic E-state index is 13.9. The summed E-state index contributed by atoms with van der Waals surface area (Å²) in [5, 5.41) is 0.417. The molecule has 0 unspecified atom stereocenters. The van der Waals surface area contributed by atoms with Crippen LogP contribution in [-0.2, 0) is 9.53 Å². The van der Waals surface area contributed by atoms with Crippen LogP contribution in [0.1, 0.15) is 19.3 Å². The minimum atomic E-state index is -2.87. The number of rotatable bonds is 5. The van der Waals surface area contributed by atoms with Crippen LogP contribution in [0.3, 0.4) is 0 Å². The third kappa shape index (κ3) is 4.90. The van der Waals surface area contributed by atoms with Crippen molar-refractivity contribution in [3.63, 3.8) is 0 Å². The number of alkyl halides is 2. The van der Waals surface area contributed by atoms with E-state index in [-0.39, 0.29) is 21.3 Å². The molecule has 158 valence electrons. The van der Waals surface area contributed by atoms with Crippen LogP contribution >= 0.6 is 23.2 Å². The molecule has 29 heavy (non-hydrogen) atoms. The molecule has 2 aliphatic heterocycles. The van der Waals surface area contributed by atoms with Gasteiger partial charge in [0, 0.05) is 32.8 Å². The van der Waals surface area contributed by atoms with Gasteiger partial charge in [-0.1, -0.05) is 29.3 Å². The number of likely N-dealkylation sites (tertiary alicyclic amines) is 1. The maximum Gasteiger partial charge on any atom is 0.295 e. The number of carbonyl (C=O) groups is 1. The van der Waals surface area contributed by atoms with Gasteiger partial charge in [-0.3, -0.25) is 4.79 Å². The van der Waals surface area contributed by atoms with Crippen LogP contribution in [0.25, 0.3) is 0 Å². The van der Waals surface area contributed by atoms with Crippen LogP contribution in [0.2, 0.25) is 10.0 Å². The molecule has 1 aromatic rings. The molecule has 2 fully saturated rings. The highest BCUT2D eigenvalue weighted by Crippen LogP contribution is 2.40. The number of amidine groups is 1. The number of aldehydes is 1. The quantitative estimate of drug-likeness (QED) is 0.286. The summed E-state index contributed by atoms with van der Waals surface area (Å²) in [6.45, 7) is 2.75. The number of carbonyl (C=O) groups excluding carboxylic acids is 1. The Kier molecular flexibility index (Phi) is 7.14. The van der Waals surface area contributed by atoms with E-state index >= 15 is 0 Å². The monoisotopic (exact) mass is 445 g/mol. The highest BCUT2D eigenvalue weighted by molar-refractivity contribution is 6.44. The van der Waals surface area contributed by atoms with Crippen molar-refractivity contribution in [1.82, 2.24) is 4.90 Å². The minimum absolute atomic E-state index is 0.156. The second-order valence-corrected chi connectivity index (χ2v) is 8.14. The van der Waals surface area contributed by atoms with E-state index in [1.54, 1.807) is 18.2 Å². The Morgan fingerprint density at radius 2 is 2.03 bits per heavy atom. The van der Waals surface area contributed by atoms with Gasteiger partial charge in [0.15, 0.2) is 5.84 Å². The van der Waals surface area contributed by atoms with E-state index < -0.39 is 12.3 Å². The largest absolute Gasteiger partial charge is 0.381 e. The first kappa shape index (κ1) is 22.0. The fraction of sp³-hybridized carbons (Fsp3) is 0.500. The number of nitrogens with zero attached hydrogens (tertiary/aromatic N) is 3. The van der Waals surface area contributed by atoms with Gasteiger partial charge in [-0.05, 0) is 36.8 Å². The van der Waals surface area contributed by atoms with E-state index in [1.165, 1.54) is 18.0 Å². The summed E-state index contributed by atoms with van der Waals surface area (Å²) >= 11 is 12.2. The molecule has 5 nitrogen and oxygen atoms in total. The third-order valence-electron chi connectivity index (χ3n) is 5.61. The van der Waals surface area contributed by atoms with Crippen molar-refractivity contribution < 1.29 is 18.3 Å². The van der Waals surface area contributed by atoms with Gasteiger partial charge >= 0.3 is 0 Å². The number of anilines is 1. The first-order chi connectivity index (χ1) is 13.9. The predicted octanol–water partition coefficient (Wildman–Crippen LogP) is 4.64. The number of hydrogen-bond donors (Lipinski definition) is 0. The number of halogens is 4. The zero-order valence-electron chi connectivity index (χ0n) is 16.1. The summed E-state index contributed by atoms with van der Waals surface area (Å²) in [5.74, 6) is -0.291. The Morgan fingerprint density at radius 1 is 1.31 bits per heavy atom. The number of hydrogen-bond acceptors (Lipinski definition) is 4. The zero-order valence-corrected chi connectivity index (χ0v) is 17.6. The second-order valence-electron chi connectivity index (χ2n) is 7.35. The average Bonchev–Trinajstić information content (AvgIpc) is 3.15. The number of benzene rings is 1. The SMILES string of the molecule is CN(C(=N/C(=C\C=O)N1CCC2(CCOC2)CC1)C(F)F)c1cccc(Cl)c1Cl.